The van der Waals surface area contributed by atoms with Crippen molar-refractivity contribution in [3.63, 3.8) is 0 Å². The van der Waals surface area contributed by atoms with Crippen molar-refractivity contribution in [3.05, 3.63) is 47.7 Å². The van der Waals surface area contributed by atoms with Crippen LogP contribution >= 0.6 is 0 Å². The third kappa shape index (κ3) is 3.36. The van der Waals surface area contributed by atoms with E-state index in [1.165, 1.54) is 6.07 Å². The summed E-state index contributed by atoms with van der Waals surface area (Å²) < 4.78 is 32.0. The molecule has 0 spiro atoms. The Morgan fingerprint density at radius 3 is 2.68 bits per heavy atom. The minimum absolute atomic E-state index is 0.0840. The molecule has 0 atom stereocenters. The Morgan fingerprint density at radius 2 is 2.00 bits per heavy atom. The minimum Gasteiger partial charge on any atom is -0.446 e. The van der Waals surface area contributed by atoms with Crippen LogP contribution in [0.5, 0.6) is 0 Å². The molecule has 0 amide bonds. The Kier molecular flexibility index (Phi) is 3.92. The molecule has 1 aromatic heterocycles. The summed E-state index contributed by atoms with van der Waals surface area (Å²) in [7, 11) is -1.91. The molecular formula is C13H16N2O3S. The highest BCUT2D eigenvalue weighted by atomic mass is 32.2. The highest BCUT2D eigenvalue weighted by molar-refractivity contribution is 7.92. The zero-order chi connectivity index (χ0) is 13.9. The number of sulfonamides is 1. The topological polar surface area (TPSA) is 71.3 Å². The number of hydrogen-bond donors (Lipinski definition) is 2. The monoisotopic (exact) mass is 280 g/mol. The molecule has 102 valence electrons. The van der Waals surface area contributed by atoms with Gasteiger partial charge in [0, 0.05) is 5.69 Å². The predicted octanol–water partition coefficient (Wildman–Crippen LogP) is 2.11. The van der Waals surface area contributed by atoms with E-state index in [2.05, 4.69) is 10.0 Å². The van der Waals surface area contributed by atoms with E-state index >= 15 is 0 Å². The molecule has 0 unspecified atom stereocenters. The van der Waals surface area contributed by atoms with Gasteiger partial charge in [0.05, 0.1) is 6.54 Å². The van der Waals surface area contributed by atoms with Gasteiger partial charge in [-0.25, -0.2) is 0 Å². The number of furan rings is 1. The molecule has 0 aliphatic carbocycles. The smallest absolute Gasteiger partial charge is 0.295 e. The van der Waals surface area contributed by atoms with Crippen LogP contribution in [0.25, 0.3) is 0 Å². The number of rotatable bonds is 5. The van der Waals surface area contributed by atoms with Crippen molar-refractivity contribution in [1.29, 1.82) is 0 Å². The Hall–Kier alpha value is -1.79. The third-order valence-electron chi connectivity index (χ3n) is 2.52. The average molecular weight is 280 g/mol. The van der Waals surface area contributed by atoms with Gasteiger partial charge in [-0.1, -0.05) is 12.1 Å². The number of anilines is 1. The molecule has 5 nitrogen and oxygen atoms in total. The van der Waals surface area contributed by atoms with Crippen LogP contribution in [-0.4, -0.2) is 15.5 Å². The summed E-state index contributed by atoms with van der Waals surface area (Å²) in [6, 6.07) is 10.2. The first-order valence-corrected chi connectivity index (χ1v) is 7.32. The molecule has 0 fully saturated rings. The van der Waals surface area contributed by atoms with Crippen molar-refractivity contribution in [2.75, 3.05) is 11.8 Å². The molecule has 19 heavy (non-hydrogen) atoms. The van der Waals surface area contributed by atoms with E-state index in [4.69, 9.17) is 4.42 Å². The largest absolute Gasteiger partial charge is 0.446 e. The van der Waals surface area contributed by atoms with Gasteiger partial charge in [-0.05, 0) is 43.8 Å². The number of nitrogens with one attached hydrogen (secondary N) is 2. The van der Waals surface area contributed by atoms with Crippen LogP contribution in [0.2, 0.25) is 0 Å². The lowest BCUT2D eigenvalue weighted by molar-refractivity contribution is 0.408. The first-order valence-electron chi connectivity index (χ1n) is 5.84. The van der Waals surface area contributed by atoms with E-state index in [1.807, 2.05) is 13.0 Å². The van der Waals surface area contributed by atoms with Crippen molar-refractivity contribution in [2.24, 2.45) is 0 Å². The Bertz CT molecular complexity index is 662. The summed E-state index contributed by atoms with van der Waals surface area (Å²) >= 11 is 0. The first kappa shape index (κ1) is 13.6. The maximum absolute atomic E-state index is 12.1. The number of aryl methyl sites for hydroxylation is 1. The normalized spacial score (nSPS) is 11.5. The molecule has 2 rings (SSSR count). The summed E-state index contributed by atoms with van der Waals surface area (Å²) in [5, 5.41) is 2.81. The van der Waals surface area contributed by atoms with Crippen LogP contribution in [0.3, 0.4) is 0 Å². The highest BCUT2D eigenvalue weighted by Crippen LogP contribution is 2.19. The molecule has 1 aromatic carbocycles. The zero-order valence-electron chi connectivity index (χ0n) is 10.8. The molecule has 0 saturated heterocycles. The van der Waals surface area contributed by atoms with Crippen molar-refractivity contribution in [3.8, 4) is 0 Å². The SMILES string of the molecule is CNCc1ccc(S(=O)(=O)Nc2cccc(C)c2)o1. The summed E-state index contributed by atoms with van der Waals surface area (Å²) in [6.45, 7) is 2.38. The fourth-order valence-corrected chi connectivity index (χ4v) is 2.69. The second-order valence-corrected chi connectivity index (χ2v) is 5.84. The molecule has 2 aromatic rings. The molecule has 1 heterocycles. The van der Waals surface area contributed by atoms with E-state index < -0.39 is 10.0 Å². The van der Waals surface area contributed by atoms with Gasteiger partial charge < -0.3 is 9.73 Å². The average Bonchev–Trinajstić information content (AvgIpc) is 2.78. The van der Waals surface area contributed by atoms with Gasteiger partial charge in [0.15, 0.2) is 0 Å². The Balaban J connectivity index is 2.22. The quantitative estimate of drug-likeness (QED) is 0.880. The first-order chi connectivity index (χ1) is 9.01. The number of hydrogen-bond acceptors (Lipinski definition) is 4. The Morgan fingerprint density at radius 1 is 1.21 bits per heavy atom. The molecule has 6 heteroatoms. The van der Waals surface area contributed by atoms with Gasteiger partial charge in [-0.15, -0.1) is 0 Å². The second-order valence-electron chi connectivity index (χ2n) is 4.23. The summed E-state index contributed by atoms with van der Waals surface area (Å²) in [4.78, 5) is 0. The van der Waals surface area contributed by atoms with Crippen molar-refractivity contribution in [1.82, 2.24) is 5.32 Å². The predicted molar refractivity (Wildman–Crippen MR) is 73.5 cm³/mol. The molecule has 0 saturated carbocycles. The molecule has 0 aliphatic heterocycles. The summed E-state index contributed by atoms with van der Waals surface area (Å²) in [6.07, 6.45) is 0. The highest BCUT2D eigenvalue weighted by Gasteiger charge is 2.18. The fourth-order valence-electron chi connectivity index (χ4n) is 1.69. The van der Waals surface area contributed by atoms with Crippen LogP contribution in [0.4, 0.5) is 5.69 Å². The lowest BCUT2D eigenvalue weighted by Crippen LogP contribution is -2.12. The van der Waals surface area contributed by atoms with Crippen molar-refractivity contribution < 1.29 is 12.8 Å². The van der Waals surface area contributed by atoms with Gasteiger partial charge in [-0.3, -0.25) is 4.72 Å². The van der Waals surface area contributed by atoms with E-state index in [1.54, 1.807) is 31.3 Å². The molecule has 0 radical (unpaired) electrons. The van der Waals surface area contributed by atoms with Crippen LogP contribution in [0.15, 0.2) is 45.9 Å². The standard InChI is InChI=1S/C13H16N2O3S/c1-10-4-3-5-11(8-10)15-19(16,17)13-7-6-12(18-13)9-14-2/h3-8,14-15H,9H2,1-2H3. The van der Waals surface area contributed by atoms with Crippen molar-refractivity contribution >= 4 is 15.7 Å². The van der Waals surface area contributed by atoms with Crippen LogP contribution in [0, 0.1) is 6.92 Å². The van der Waals surface area contributed by atoms with Gasteiger partial charge in [0.2, 0.25) is 5.09 Å². The van der Waals surface area contributed by atoms with Crippen LogP contribution in [-0.2, 0) is 16.6 Å². The number of benzene rings is 1. The zero-order valence-corrected chi connectivity index (χ0v) is 11.6. The molecule has 0 aliphatic rings. The molecular weight excluding hydrogens is 264 g/mol. The lowest BCUT2D eigenvalue weighted by Gasteiger charge is -2.06. The third-order valence-corrected chi connectivity index (χ3v) is 3.78. The molecule has 2 N–H and O–H groups in total. The van der Waals surface area contributed by atoms with Crippen molar-refractivity contribution in [2.45, 2.75) is 18.6 Å². The van der Waals surface area contributed by atoms with Gasteiger partial charge >= 0.3 is 0 Å². The van der Waals surface area contributed by atoms with Gasteiger partial charge in [0.25, 0.3) is 10.0 Å². The fraction of sp³-hybridized carbons (Fsp3) is 0.231. The van der Waals surface area contributed by atoms with E-state index in [-0.39, 0.29) is 5.09 Å². The van der Waals surface area contributed by atoms with E-state index in [9.17, 15) is 8.42 Å². The lowest BCUT2D eigenvalue weighted by atomic mass is 10.2. The van der Waals surface area contributed by atoms with Gasteiger partial charge in [0.1, 0.15) is 5.76 Å². The molecule has 0 bridgehead atoms. The van der Waals surface area contributed by atoms with E-state index in [0.29, 0.717) is 18.0 Å². The second kappa shape index (κ2) is 5.46. The van der Waals surface area contributed by atoms with Crippen LogP contribution < -0.4 is 10.0 Å². The maximum atomic E-state index is 12.1. The van der Waals surface area contributed by atoms with Gasteiger partial charge in [-0.2, -0.15) is 8.42 Å². The summed E-state index contributed by atoms with van der Waals surface area (Å²) in [5.41, 5.74) is 1.50. The maximum Gasteiger partial charge on any atom is 0.295 e. The van der Waals surface area contributed by atoms with E-state index in [0.717, 1.165) is 5.56 Å². The van der Waals surface area contributed by atoms with Crippen LogP contribution in [0.1, 0.15) is 11.3 Å². The minimum atomic E-state index is -3.67. The Labute approximate surface area is 112 Å². The summed E-state index contributed by atoms with van der Waals surface area (Å²) in [5.74, 6) is 0.576.